The SMILES string of the molecule is CN1CCC(N(C)C(=O)COc2ccc(C=N)c3ccccc23)CC1.NC(=O)c1ccc(O)c(Cl)c1. The molecule has 1 aliphatic heterocycles. The molecule has 0 bridgehead atoms. The molecule has 1 saturated heterocycles. The van der Waals surface area contributed by atoms with Crippen molar-refractivity contribution in [2.45, 2.75) is 18.9 Å². The monoisotopic (exact) mass is 510 g/mol. The van der Waals surface area contributed by atoms with E-state index in [0.717, 1.165) is 42.3 Å². The van der Waals surface area contributed by atoms with Gasteiger partial charge in [0.15, 0.2) is 6.61 Å². The highest BCUT2D eigenvalue weighted by Crippen LogP contribution is 2.28. The normalized spacial score (nSPS) is 14.0. The molecule has 2 amide bonds. The number of primary amides is 1. The van der Waals surface area contributed by atoms with Crippen LogP contribution in [-0.2, 0) is 4.79 Å². The van der Waals surface area contributed by atoms with Gasteiger partial charge >= 0.3 is 0 Å². The third-order valence-corrected chi connectivity index (χ3v) is 6.59. The molecule has 8 nitrogen and oxygen atoms in total. The van der Waals surface area contributed by atoms with Crippen molar-refractivity contribution in [3.05, 3.63) is 70.7 Å². The summed E-state index contributed by atoms with van der Waals surface area (Å²) in [5.74, 6) is 0.0738. The summed E-state index contributed by atoms with van der Waals surface area (Å²) in [6.07, 6.45) is 3.36. The maximum atomic E-state index is 12.5. The summed E-state index contributed by atoms with van der Waals surface area (Å²) >= 11 is 5.50. The van der Waals surface area contributed by atoms with E-state index < -0.39 is 5.91 Å². The average Bonchev–Trinajstić information content (AvgIpc) is 2.89. The number of halogens is 1. The number of aromatic hydroxyl groups is 1. The summed E-state index contributed by atoms with van der Waals surface area (Å²) in [6.45, 7) is 2.09. The summed E-state index contributed by atoms with van der Waals surface area (Å²) in [5, 5.41) is 18.5. The van der Waals surface area contributed by atoms with Gasteiger partial charge in [0.05, 0.1) is 5.02 Å². The quantitative estimate of drug-likeness (QED) is 0.434. The van der Waals surface area contributed by atoms with Crippen LogP contribution in [0.15, 0.2) is 54.6 Å². The van der Waals surface area contributed by atoms with Gasteiger partial charge < -0.3 is 30.8 Å². The van der Waals surface area contributed by atoms with E-state index >= 15 is 0 Å². The number of phenols is 1. The number of nitrogens with one attached hydrogen (secondary N) is 1. The maximum Gasteiger partial charge on any atom is 0.260 e. The molecule has 4 N–H and O–H groups in total. The van der Waals surface area contributed by atoms with Crippen molar-refractivity contribution < 1.29 is 19.4 Å². The zero-order chi connectivity index (χ0) is 26.2. The van der Waals surface area contributed by atoms with Crippen molar-refractivity contribution in [3.63, 3.8) is 0 Å². The molecule has 3 aromatic carbocycles. The van der Waals surface area contributed by atoms with E-state index in [2.05, 4.69) is 11.9 Å². The molecule has 3 aromatic rings. The molecule has 0 spiro atoms. The minimum absolute atomic E-state index is 0.00904. The number of hydrogen-bond acceptors (Lipinski definition) is 6. The van der Waals surface area contributed by atoms with Crippen molar-refractivity contribution in [1.82, 2.24) is 9.80 Å². The molecule has 9 heteroatoms. The molecule has 0 unspecified atom stereocenters. The highest BCUT2D eigenvalue weighted by Gasteiger charge is 2.24. The molecular weight excluding hydrogens is 480 g/mol. The van der Waals surface area contributed by atoms with E-state index in [1.807, 2.05) is 48.3 Å². The van der Waals surface area contributed by atoms with Crippen LogP contribution in [0.4, 0.5) is 0 Å². The number of phenolic OH excluding ortho intramolecular Hbond substituents is 1. The molecule has 0 aromatic heterocycles. The van der Waals surface area contributed by atoms with Crippen LogP contribution in [0.1, 0.15) is 28.8 Å². The zero-order valence-corrected chi connectivity index (χ0v) is 21.2. The number of carbonyl (C=O) groups is 2. The number of ether oxygens (including phenoxy) is 1. The number of fused-ring (bicyclic) bond motifs is 1. The fraction of sp³-hybridized carbons (Fsp3) is 0.296. The predicted octanol–water partition coefficient (Wildman–Crippen LogP) is 3.91. The van der Waals surface area contributed by atoms with E-state index in [4.69, 9.17) is 32.6 Å². The van der Waals surface area contributed by atoms with Crippen LogP contribution in [0, 0.1) is 5.41 Å². The Balaban J connectivity index is 0.000000275. The van der Waals surface area contributed by atoms with E-state index in [1.165, 1.54) is 24.4 Å². The first-order valence-electron chi connectivity index (χ1n) is 11.6. The second-order valence-corrected chi connectivity index (χ2v) is 9.11. The molecule has 0 aliphatic carbocycles. The molecule has 1 aliphatic rings. The van der Waals surface area contributed by atoms with E-state index in [9.17, 15) is 9.59 Å². The van der Waals surface area contributed by atoms with E-state index in [1.54, 1.807) is 0 Å². The minimum atomic E-state index is -0.563. The van der Waals surface area contributed by atoms with Crippen molar-refractivity contribution in [2.75, 3.05) is 33.8 Å². The molecular formula is C27H31ClN4O4. The topological polar surface area (TPSA) is 120 Å². The summed E-state index contributed by atoms with van der Waals surface area (Å²) in [6, 6.07) is 15.8. The Hall–Kier alpha value is -3.62. The number of nitrogens with two attached hydrogens (primary N) is 1. The fourth-order valence-corrected chi connectivity index (χ4v) is 4.21. The van der Waals surface area contributed by atoms with Gasteiger partial charge in [-0.05, 0) is 68.7 Å². The van der Waals surface area contributed by atoms with Gasteiger partial charge in [-0.2, -0.15) is 0 Å². The molecule has 190 valence electrons. The third-order valence-electron chi connectivity index (χ3n) is 6.29. The number of likely N-dealkylation sites (tertiary alicyclic amines) is 1. The third kappa shape index (κ3) is 6.74. The smallest absolute Gasteiger partial charge is 0.260 e. The number of hydrogen-bond donors (Lipinski definition) is 3. The standard InChI is InChI=1S/C20H25N3O2.C7H6ClNO2/c1-22-11-9-16(10-12-22)23(2)20(24)14-25-19-8-7-15(13-21)17-5-3-4-6-18(17)19;8-5-3-4(7(9)11)1-2-6(5)10/h3-8,13,16,21H,9-12,14H2,1-2H3;1-3,10H,(H2,9,11). The van der Waals surface area contributed by atoms with Crippen molar-refractivity contribution in [1.29, 1.82) is 5.41 Å². The Morgan fingerprint density at radius 3 is 2.44 bits per heavy atom. The van der Waals surface area contributed by atoms with Crippen molar-refractivity contribution in [3.8, 4) is 11.5 Å². The lowest BCUT2D eigenvalue weighted by molar-refractivity contribution is -0.134. The lowest BCUT2D eigenvalue weighted by atomic mass is 10.0. The van der Waals surface area contributed by atoms with Gasteiger partial charge in [0, 0.05) is 35.8 Å². The number of rotatable bonds is 6. The number of piperidine rings is 1. The summed E-state index contributed by atoms with van der Waals surface area (Å²) in [5.41, 5.74) is 6.08. The summed E-state index contributed by atoms with van der Waals surface area (Å²) in [4.78, 5) is 27.2. The van der Waals surface area contributed by atoms with Gasteiger partial charge in [-0.15, -0.1) is 0 Å². The number of benzene rings is 3. The van der Waals surface area contributed by atoms with E-state index in [0.29, 0.717) is 11.8 Å². The second-order valence-electron chi connectivity index (χ2n) is 8.70. The molecule has 4 rings (SSSR count). The Kier molecular flexibility index (Phi) is 9.27. The number of carbonyl (C=O) groups excluding carboxylic acids is 2. The zero-order valence-electron chi connectivity index (χ0n) is 20.4. The number of likely N-dealkylation sites (N-methyl/N-ethyl adjacent to an activating group) is 1. The van der Waals surface area contributed by atoms with Crippen LogP contribution in [0.5, 0.6) is 11.5 Å². The van der Waals surface area contributed by atoms with Crippen LogP contribution >= 0.6 is 11.6 Å². The molecule has 1 fully saturated rings. The van der Waals surface area contributed by atoms with Crippen LogP contribution in [0.2, 0.25) is 5.02 Å². The first kappa shape index (κ1) is 27.0. The molecule has 1 heterocycles. The molecule has 36 heavy (non-hydrogen) atoms. The second kappa shape index (κ2) is 12.4. The Morgan fingerprint density at radius 1 is 1.17 bits per heavy atom. The van der Waals surface area contributed by atoms with Gasteiger partial charge in [-0.1, -0.05) is 35.9 Å². The predicted molar refractivity (Wildman–Crippen MR) is 142 cm³/mol. The van der Waals surface area contributed by atoms with Gasteiger partial charge in [0.1, 0.15) is 11.5 Å². The van der Waals surface area contributed by atoms with Gasteiger partial charge in [0.2, 0.25) is 5.91 Å². The van der Waals surface area contributed by atoms with Crippen molar-refractivity contribution >= 4 is 40.4 Å². The highest BCUT2D eigenvalue weighted by molar-refractivity contribution is 6.32. The number of nitrogens with zero attached hydrogens (tertiary/aromatic N) is 2. The maximum absolute atomic E-state index is 12.5. The van der Waals surface area contributed by atoms with Crippen LogP contribution in [-0.4, -0.2) is 72.8 Å². The molecule has 0 saturated carbocycles. The molecule has 0 radical (unpaired) electrons. The van der Waals surface area contributed by atoms with Crippen molar-refractivity contribution in [2.24, 2.45) is 5.73 Å². The first-order chi connectivity index (χ1) is 17.2. The Labute approximate surface area is 215 Å². The summed E-state index contributed by atoms with van der Waals surface area (Å²) < 4.78 is 5.84. The van der Waals surface area contributed by atoms with Crippen LogP contribution in [0.25, 0.3) is 10.8 Å². The first-order valence-corrected chi connectivity index (χ1v) is 12.0. The average molecular weight is 511 g/mol. The van der Waals surface area contributed by atoms with Gasteiger partial charge in [-0.25, -0.2) is 0 Å². The lowest BCUT2D eigenvalue weighted by Gasteiger charge is -2.35. The Morgan fingerprint density at radius 2 is 1.83 bits per heavy atom. The van der Waals surface area contributed by atoms with Gasteiger partial charge in [-0.3, -0.25) is 9.59 Å². The van der Waals surface area contributed by atoms with E-state index in [-0.39, 0.29) is 28.8 Å². The number of amides is 2. The minimum Gasteiger partial charge on any atom is -0.506 e. The van der Waals surface area contributed by atoms with Crippen LogP contribution < -0.4 is 10.5 Å². The Bertz CT molecular complexity index is 1240. The lowest BCUT2D eigenvalue weighted by Crippen LogP contribution is -2.45. The van der Waals surface area contributed by atoms with Gasteiger partial charge in [0.25, 0.3) is 5.91 Å². The molecule has 0 atom stereocenters. The largest absolute Gasteiger partial charge is 0.506 e. The van der Waals surface area contributed by atoms with Crippen LogP contribution in [0.3, 0.4) is 0 Å². The summed E-state index contributed by atoms with van der Waals surface area (Å²) in [7, 11) is 3.99. The highest BCUT2D eigenvalue weighted by atomic mass is 35.5. The fourth-order valence-electron chi connectivity index (χ4n) is 4.03.